The van der Waals surface area contributed by atoms with Gasteiger partial charge >= 0.3 is 0 Å². The van der Waals surface area contributed by atoms with Gasteiger partial charge in [0.25, 0.3) is 0 Å². The highest BCUT2D eigenvalue weighted by Crippen LogP contribution is 2.17. The molecule has 0 aliphatic rings. The molecule has 1 aromatic carbocycles. The summed E-state index contributed by atoms with van der Waals surface area (Å²) in [5, 5.41) is 14.3. The Hall–Kier alpha value is -1.85. The summed E-state index contributed by atoms with van der Waals surface area (Å²) >= 11 is 1.78. The first-order chi connectivity index (χ1) is 10.2. The fraction of sp³-hybridized carbons (Fsp3) is 0.312. The van der Waals surface area contributed by atoms with Crippen molar-refractivity contribution >= 4 is 17.2 Å². The van der Waals surface area contributed by atoms with E-state index in [0.717, 1.165) is 25.1 Å². The van der Waals surface area contributed by atoms with E-state index in [0.29, 0.717) is 0 Å². The average molecular weight is 303 g/mol. The van der Waals surface area contributed by atoms with Crippen LogP contribution >= 0.6 is 11.3 Å². The highest BCUT2D eigenvalue weighted by atomic mass is 32.1. The summed E-state index contributed by atoms with van der Waals surface area (Å²) in [5.74, 6) is 0.161. The Kier molecular flexibility index (Phi) is 5.78. The Morgan fingerprint density at radius 1 is 1.29 bits per heavy atom. The van der Waals surface area contributed by atoms with Gasteiger partial charge in [-0.25, -0.2) is 0 Å². The van der Waals surface area contributed by atoms with Gasteiger partial charge in [0, 0.05) is 18.0 Å². The summed E-state index contributed by atoms with van der Waals surface area (Å²) in [6.45, 7) is 1.67. The number of hydrogen-bond acceptors (Lipinski definition) is 4. The monoisotopic (exact) mass is 303 g/mol. The van der Waals surface area contributed by atoms with Gasteiger partial charge in [0.1, 0.15) is 5.84 Å². The minimum atomic E-state index is -0.0930. The molecule has 4 nitrogen and oxygen atoms in total. The molecular weight excluding hydrogens is 282 g/mol. The molecule has 0 aliphatic heterocycles. The Labute approximate surface area is 129 Å². The molecule has 1 heterocycles. The van der Waals surface area contributed by atoms with Gasteiger partial charge in [-0.1, -0.05) is 41.6 Å². The maximum absolute atomic E-state index is 9.01. The lowest BCUT2D eigenvalue weighted by atomic mass is 9.97. The number of nitrogens with two attached hydrogens (primary N) is 1. The van der Waals surface area contributed by atoms with Crippen molar-refractivity contribution in [3.8, 4) is 0 Å². The van der Waals surface area contributed by atoms with Gasteiger partial charge in [-0.15, -0.1) is 11.3 Å². The molecule has 0 aliphatic carbocycles. The molecule has 5 heteroatoms. The van der Waals surface area contributed by atoms with Gasteiger partial charge in [-0.3, -0.25) is 0 Å². The number of thiophene rings is 1. The van der Waals surface area contributed by atoms with Crippen molar-refractivity contribution in [3.05, 3.63) is 58.3 Å². The van der Waals surface area contributed by atoms with Crippen LogP contribution in [0.25, 0.3) is 0 Å². The van der Waals surface area contributed by atoms with Crippen molar-refractivity contribution in [2.45, 2.75) is 12.3 Å². The zero-order chi connectivity index (χ0) is 15.1. The zero-order valence-corrected chi connectivity index (χ0v) is 13.0. The molecule has 112 valence electrons. The van der Waals surface area contributed by atoms with E-state index in [9.17, 15) is 0 Å². The third kappa shape index (κ3) is 4.58. The second kappa shape index (κ2) is 7.81. The van der Waals surface area contributed by atoms with Crippen molar-refractivity contribution in [2.75, 3.05) is 20.1 Å². The maximum atomic E-state index is 9.01. The van der Waals surface area contributed by atoms with Crippen molar-refractivity contribution < 1.29 is 5.21 Å². The van der Waals surface area contributed by atoms with Crippen molar-refractivity contribution in [1.29, 1.82) is 0 Å². The third-order valence-corrected chi connectivity index (χ3v) is 4.42. The van der Waals surface area contributed by atoms with Gasteiger partial charge in [0.05, 0.1) is 5.92 Å². The van der Waals surface area contributed by atoms with Gasteiger partial charge in [-0.05, 0) is 30.5 Å². The molecular formula is C16H21N3OS. The average Bonchev–Trinajstić information content (AvgIpc) is 3.04. The Morgan fingerprint density at radius 2 is 2.05 bits per heavy atom. The number of benzene rings is 1. The van der Waals surface area contributed by atoms with E-state index < -0.39 is 0 Å². The lowest BCUT2D eigenvalue weighted by Crippen LogP contribution is -2.34. The molecule has 1 aromatic heterocycles. The van der Waals surface area contributed by atoms with Gasteiger partial charge in [-0.2, -0.15) is 0 Å². The molecule has 0 bridgehead atoms. The van der Waals surface area contributed by atoms with Crippen LogP contribution in [0.3, 0.4) is 0 Å². The van der Waals surface area contributed by atoms with Crippen LogP contribution in [0, 0.1) is 0 Å². The molecule has 3 N–H and O–H groups in total. The van der Waals surface area contributed by atoms with Crippen LogP contribution in [0.1, 0.15) is 16.4 Å². The molecule has 0 spiro atoms. The fourth-order valence-electron chi connectivity index (χ4n) is 2.28. The summed E-state index contributed by atoms with van der Waals surface area (Å²) in [6, 6.07) is 14.1. The van der Waals surface area contributed by atoms with E-state index in [1.54, 1.807) is 11.3 Å². The molecule has 0 saturated heterocycles. The van der Waals surface area contributed by atoms with Crippen molar-refractivity contribution in [1.82, 2.24) is 4.90 Å². The van der Waals surface area contributed by atoms with Crippen LogP contribution in [0.15, 0.2) is 53.0 Å². The number of amidine groups is 1. The van der Waals surface area contributed by atoms with Crippen LogP contribution < -0.4 is 5.73 Å². The van der Waals surface area contributed by atoms with E-state index >= 15 is 0 Å². The smallest absolute Gasteiger partial charge is 0.147 e. The molecule has 2 aromatic rings. The summed E-state index contributed by atoms with van der Waals surface area (Å²) in [4.78, 5) is 3.59. The zero-order valence-electron chi connectivity index (χ0n) is 12.1. The number of nitrogens with zero attached hydrogens (tertiary/aromatic N) is 2. The molecule has 21 heavy (non-hydrogen) atoms. The second-order valence-electron chi connectivity index (χ2n) is 5.08. The van der Waals surface area contributed by atoms with E-state index in [2.05, 4.69) is 34.6 Å². The molecule has 1 unspecified atom stereocenters. The quantitative estimate of drug-likeness (QED) is 0.358. The summed E-state index contributed by atoms with van der Waals surface area (Å²) in [7, 11) is 2.06. The number of hydrogen-bond donors (Lipinski definition) is 2. The molecule has 0 amide bonds. The van der Waals surface area contributed by atoms with Crippen LogP contribution in [-0.2, 0) is 6.42 Å². The normalized spacial score (nSPS) is 13.5. The summed E-state index contributed by atoms with van der Waals surface area (Å²) < 4.78 is 0. The summed E-state index contributed by atoms with van der Waals surface area (Å²) in [6.07, 6.45) is 1.02. The summed E-state index contributed by atoms with van der Waals surface area (Å²) in [5.41, 5.74) is 6.93. The van der Waals surface area contributed by atoms with Gasteiger partial charge in [0.15, 0.2) is 0 Å². The Morgan fingerprint density at radius 3 is 2.67 bits per heavy atom. The van der Waals surface area contributed by atoms with Crippen molar-refractivity contribution in [3.63, 3.8) is 0 Å². The lowest BCUT2D eigenvalue weighted by Gasteiger charge is -2.23. The third-order valence-electron chi connectivity index (χ3n) is 3.49. The Bertz CT molecular complexity index is 554. The number of oxime groups is 1. The maximum Gasteiger partial charge on any atom is 0.147 e. The number of likely N-dealkylation sites (N-methyl/N-ethyl adjacent to an activating group) is 1. The standard InChI is InChI=1S/C16H21N3OS/c1-19(10-9-14-8-5-11-21-14)12-15(16(17)18-20)13-6-3-2-4-7-13/h2-8,11,15,20H,9-10,12H2,1H3,(H2,17,18). The topological polar surface area (TPSA) is 61.8 Å². The van der Waals surface area contributed by atoms with E-state index in [1.807, 2.05) is 30.3 Å². The lowest BCUT2D eigenvalue weighted by molar-refractivity contribution is 0.306. The van der Waals surface area contributed by atoms with Crippen LogP contribution in [0.5, 0.6) is 0 Å². The van der Waals surface area contributed by atoms with Crippen LogP contribution in [0.4, 0.5) is 0 Å². The largest absolute Gasteiger partial charge is 0.409 e. The van der Waals surface area contributed by atoms with Crippen LogP contribution in [-0.4, -0.2) is 36.1 Å². The Balaban J connectivity index is 1.98. The van der Waals surface area contributed by atoms with E-state index in [1.165, 1.54) is 4.88 Å². The first-order valence-electron chi connectivity index (χ1n) is 6.94. The first kappa shape index (κ1) is 15.5. The van der Waals surface area contributed by atoms with Crippen molar-refractivity contribution in [2.24, 2.45) is 10.9 Å². The molecule has 1 atom stereocenters. The molecule has 0 radical (unpaired) electrons. The first-order valence-corrected chi connectivity index (χ1v) is 7.82. The van der Waals surface area contributed by atoms with E-state index in [4.69, 9.17) is 10.9 Å². The number of rotatable bonds is 7. The van der Waals surface area contributed by atoms with Gasteiger partial charge < -0.3 is 15.8 Å². The van der Waals surface area contributed by atoms with Crippen LogP contribution in [0.2, 0.25) is 0 Å². The predicted molar refractivity (Wildman–Crippen MR) is 88.1 cm³/mol. The molecule has 0 saturated carbocycles. The highest BCUT2D eigenvalue weighted by Gasteiger charge is 2.18. The fourth-order valence-corrected chi connectivity index (χ4v) is 2.98. The predicted octanol–water partition coefficient (Wildman–Crippen LogP) is 2.75. The minimum Gasteiger partial charge on any atom is -0.409 e. The van der Waals surface area contributed by atoms with E-state index in [-0.39, 0.29) is 11.8 Å². The molecule has 2 rings (SSSR count). The SMILES string of the molecule is CN(CCc1cccs1)CC(C(N)=NO)c1ccccc1. The highest BCUT2D eigenvalue weighted by molar-refractivity contribution is 7.09. The molecule has 0 fully saturated rings. The minimum absolute atomic E-state index is 0.0930. The van der Waals surface area contributed by atoms with Gasteiger partial charge in [0.2, 0.25) is 0 Å². The second-order valence-corrected chi connectivity index (χ2v) is 6.11.